The molecule has 18 heavy (non-hydrogen) atoms. The Morgan fingerprint density at radius 1 is 1.33 bits per heavy atom. The molecule has 1 fully saturated rings. The van der Waals surface area contributed by atoms with Crippen LogP contribution in [0.25, 0.3) is 0 Å². The minimum Gasteiger partial charge on any atom is -0.380 e. The standard InChI is InChI=1S/C15H32N2O/c1-4-6-15-13-17(9-5-8-16-15)10-12-18-11-7-14(2)3/h14-16H,4-13H2,1-3H3. The molecule has 1 atom stereocenters. The van der Waals surface area contributed by atoms with Gasteiger partial charge in [0.25, 0.3) is 0 Å². The van der Waals surface area contributed by atoms with Gasteiger partial charge in [-0.3, -0.25) is 4.90 Å². The maximum Gasteiger partial charge on any atom is 0.0593 e. The summed E-state index contributed by atoms with van der Waals surface area (Å²) in [6.07, 6.45) is 5.02. The first-order valence-electron chi connectivity index (χ1n) is 7.75. The second-order valence-electron chi connectivity index (χ2n) is 5.89. The maximum absolute atomic E-state index is 5.72. The lowest BCUT2D eigenvalue weighted by Gasteiger charge is -2.24. The molecule has 0 saturated carbocycles. The summed E-state index contributed by atoms with van der Waals surface area (Å²) in [5, 5.41) is 3.65. The van der Waals surface area contributed by atoms with E-state index in [-0.39, 0.29) is 0 Å². The van der Waals surface area contributed by atoms with Crippen LogP contribution in [0.1, 0.15) is 46.5 Å². The third kappa shape index (κ3) is 7.34. The monoisotopic (exact) mass is 256 g/mol. The lowest BCUT2D eigenvalue weighted by atomic mass is 10.1. The molecule has 1 unspecified atom stereocenters. The number of nitrogens with zero attached hydrogens (tertiary/aromatic N) is 1. The molecule has 108 valence electrons. The summed E-state index contributed by atoms with van der Waals surface area (Å²) >= 11 is 0. The summed E-state index contributed by atoms with van der Waals surface area (Å²) in [7, 11) is 0. The summed E-state index contributed by atoms with van der Waals surface area (Å²) in [6.45, 7) is 13.3. The van der Waals surface area contributed by atoms with Crippen molar-refractivity contribution >= 4 is 0 Å². The van der Waals surface area contributed by atoms with Crippen LogP contribution in [0, 0.1) is 5.92 Å². The fourth-order valence-electron chi connectivity index (χ4n) is 2.44. The largest absolute Gasteiger partial charge is 0.380 e. The van der Waals surface area contributed by atoms with Crippen LogP contribution in [0.2, 0.25) is 0 Å². The van der Waals surface area contributed by atoms with Crippen molar-refractivity contribution in [1.82, 2.24) is 10.2 Å². The van der Waals surface area contributed by atoms with Gasteiger partial charge in [0.05, 0.1) is 6.61 Å². The first kappa shape index (κ1) is 15.9. The van der Waals surface area contributed by atoms with Crippen molar-refractivity contribution in [2.45, 2.75) is 52.5 Å². The van der Waals surface area contributed by atoms with Crippen LogP contribution >= 0.6 is 0 Å². The Morgan fingerprint density at radius 3 is 2.89 bits per heavy atom. The van der Waals surface area contributed by atoms with Gasteiger partial charge in [-0.05, 0) is 38.3 Å². The second-order valence-corrected chi connectivity index (χ2v) is 5.89. The molecule has 1 saturated heterocycles. The highest BCUT2D eigenvalue weighted by Crippen LogP contribution is 2.06. The normalized spacial score (nSPS) is 22.3. The van der Waals surface area contributed by atoms with Gasteiger partial charge in [-0.25, -0.2) is 0 Å². The summed E-state index contributed by atoms with van der Waals surface area (Å²) in [5.74, 6) is 0.751. The van der Waals surface area contributed by atoms with E-state index in [1.54, 1.807) is 0 Å². The molecule has 0 aliphatic carbocycles. The van der Waals surface area contributed by atoms with E-state index in [4.69, 9.17) is 4.74 Å². The number of hydrogen-bond donors (Lipinski definition) is 1. The minimum atomic E-state index is 0.688. The SMILES string of the molecule is CCCC1CN(CCOCCC(C)C)CCCN1. The van der Waals surface area contributed by atoms with Crippen LogP contribution in [0.4, 0.5) is 0 Å². The summed E-state index contributed by atoms with van der Waals surface area (Å²) in [6, 6.07) is 0.688. The lowest BCUT2D eigenvalue weighted by Crippen LogP contribution is -2.38. The average Bonchev–Trinajstić information content (AvgIpc) is 2.54. The van der Waals surface area contributed by atoms with E-state index in [0.29, 0.717) is 6.04 Å². The zero-order valence-electron chi connectivity index (χ0n) is 12.6. The van der Waals surface area contributed by atoms with Gasteiger partial charge in [0.2, 0.25) is 0 Å². The van der Waals surface area contributed by atoms with Gasteiger partial charge in [0.1, 0.15) is 0 Å². The van der Waals surface area contributed by atoms with Crippen molar-refractivity contribution in [3.63, 3.8) is 0 Å². The average molecular weight is 256 g/mol. The van der Waals surface area contributed by atoms with Gasteiger partial charge in [0, 0.05) is 25.7 Å². The molecule has 1 heterocycles. The molecule has 0 radical (unpaired) electrons. The molecule has 0 bridgehead atoms. The van der Waals surface area contributed by atoms with Crippen molar-refractivity contribution in [3.8, 4) is 0 Å². The molecule has 3 heteroatoms. The molecular formula is C15H32N2O. The highest BCUT2D eigenvalue weighted by molar-refractivity contribution is 4.76. The van der Waals surface area contributed by atoms with Crippen LogP contribution in [0.3, 0.4) is 0 Å². The van der Waals surface area contributed by atoms with Crippen molar-refractivity contribution < 1.29 is 4.74 Å². The summed E-state index contributed by atoms with van der Waals surface area (Å²) < 4.78 is 5.72. The van der Waals surface area contributed by atoms with Crippen LogP contribution in [-0.2, 0) is 4.74 Å². The Balaban J connectivity index is 2.11. The second kappa shape index (κ2) is 9.76. The molecule has 1 N–H and O–H groups in total. The highest BCUT2D eigenvalue weighted by atomic mass is 16.5. The molecule has 0 aromatic carbocycles. The number of ether oxygens (including phenoxy) is 1. The molecule has 1 aliphatic heterocycles. The van der Waals surface area contributed by atoms with E-state index in [1.165, 1.54) is 45.3 Å². The first-order chi connectivity index (χ1) is 8.72. The van der Waals surface area contributed by atoms with E-state index >= 15 is 0 Å². The third-order valence-electron chi connectivity index (χ3n) is 3.59. The molecule has 0 aromatic heterocycles. The first-order valence-corrected chi connectivity index (χ1v) is 7.75. The predicted molar refractivity (Wildman–Crippen MR) is 78.0 cm³/mol. The highest BCUT2D eigenvalue weighted by Gasteiger charge is 2.16. The van der Waals surface area contributed by atoms with Crippen LogP contribution in [0.15, 0.2) is 0 Å². The van der Waals surface area contributed by atoms with E-state index in [0.717, 1.165) is 25.7 Å². The van der Waals surface area contributed by atoms with E-state index in [2.05, 4.69) is 31.0 Å². The van der Waals surface area contributed by atoms with Gasteiger partial charge in [-0.15, -0.1) is 0 Å². The molecule has 0 aromatic rings. The molecule has 0 spiro atoms. The van der Waals surface area contributed by atoms with Gasteiger partial charge in [-0.1, -0.05) is 27.2 Å². The van der Waals surface area contributed by atoms with Crippen molar-refractivity contribution in [1.29, 1.82) is 0 Å². The van der Waals surface area contributed by atoms with Crippen molar-refractivity contribution in [2.24, 2.45) is 5.92 Å². The number of rotatable bonds is 8. The fraction of sp³-hybridized carbons (Fsp3) is 1.00. The van der Waals surface area contributed by atoms with Gasteiger partial charge in [-0.2, -0.15) is 0 Å². The Morgan fingerprint density at radius 2 is 2.17 bits per heavy atom. The van der Waals surface area contributed by atoms with Gasteiger partial charge in [0.15, 0.2) is 0 Å². The van der Waals surface area contributed by atoms with Gasteiger partial charge >= 0.3 is 0 Å². The Labute approximate surface area is 113 Å². The summed E-state index contributed by atoms with van der Waals surface area (Å²) in [4.78, 5) is 2.57. The number of nitrogens with one attached hydrogen (secondary N) is 1. The molecular weight excluding hydrogens is 224 g/mol. The molecule has 1 rings (SSSR count). The topological polar surface area (TPSA) is 24.5 Å². The Bertz CT molecular complexity index is 197. The lowest BCUT2D eigenvalue weighted by molar-refractivity contribution is 0.0951. The van der Waals surface area contributed by atoms with Crippen LogP contribution < -0.4 is 5.32 Å². The third-order valence-corrected chi connectivity index (χ3v) is 3.59. The van der Waals surface area contributed by atoms with E-state index in [9.17, 15) is 0 Å². The Hall–Kier alpha value is -0.120. The van der Waals surface area contributed by atoms with Crippen LogP contribution in [-0.4, -0.2) is 50.3 Å². The number of hydrogen-bond acceptors (Lipinski definition) is 3. The molecule has 0 amide bonds. The van der Waals surface area contributed by atoms with Crippen molar-refractivity contribution in [3.05, 3.63) is 0 Å². The fourth-order valence-corrected chi connectivity index (χ4v) is 2.44. The zero-order valence-corrected chi connectivity index (χ0v) is 12.6. The quantitative estimate of drug-likeness (QED) is 0.675. The Kier molecular flexibility index (Phi) is 8.64. The predicted octanol–water partition coefficient (Wildman–Crippen LogP) is 2.51. The van der Waals surface area contributed by atoms with Crippen molar-refractivity contribution in [2.75, 3.05) is 39.4 Å². The van der Waals surface area contributed by atoms with E-state index in [1.807, 2.05) is 0 Å². The van der Waals surface area contributed by atoms with E-state index < -0.39 is 0 Å². The zero-order chi connectivity index (χ0) is 13.2. The molecule has 1 aliphatic rings. The van der Waals surface area contributed by atoms with Crippen LogP contribution in [0.5, 0.6) is 0 Å². The minimum absolute atomic E-state index is 0.688. The van der Waals surface area contributed by atoms with Gasteiger partial charge < -0.3 is 10.1 Å². The smallest absolute Gasteiger partial charge is 0.0593 e. The maximum atomic E-state index is 5.72. The molecule has 3 nitrogen and oxygen atoms in total. The summed E-state index contributed by atoms with van der Waals surface area (Å²) in [5.41, 5.74) is 0.